The summed E-state index contributed by atoms with van der Waals surface area (Å²) < 4.78 is 5.79. The molecule has 0 aliphatic carbocycles. The predicted octanol–water partition coefficient (Wildman–Crippen LogP) is 8.46. The van der Waals surface area contributed by atoms with E-state index in [1.165, 1.54) is 0 Å². The Kier molecular flexibility index (Phi) is 8.53. The number of ether oxygens (including phenoxy) is 1. The number of rotatable bonds is 9. The third-order valence-corrected chi connectivity index (χ3v) is 6.69. The summed E-state index contributed by atoms with van der Waals surface area (Å²) >= 11 is 0. The molecule has 37 heavy (non-hydrogen) atoms. The summed E-state index contributed by atoms with van der Waals surface area (Å²) in [6.45, 7) is 6.35. The van der Waals surface area contributed by atoms with Crippen molar-refractivity contribution in [1.82, 2.24) is 0 Å². The van der Waals surface area contributed by atoms with Gasteiger partial charge in [-0.1, -0.05) is 147 Å². The summed E-state index contributed by atoms with van der Waals surface area (Å²) in [5, 5.41) is 0. The topological polar surface area (TPSA) is 26.3 Å². The largest absolute Gasteiger partial charge is 0.465 e. The van der Waals surface area contributed by atoms with Crippen LogP contribution in [0.1, 0.15) is 43.0 Å². The maximum atomic E-state index is 14.0. The predicted molar refractivity (Wildman–Crippen MR) is 154 cm³/mol. The number of carbonyl (C=O) groups is 1. The number of carbonyl (C=O) groups excluding carboxylic acids is 1. The van der Waals surface area contributed by atoms with Gasteiger partial charge in [0.2, 0.25) is 0 Å². The van der Waals surface area contributed by atoms with Gasteiger partial charge in [0.1, 0.15) is 5.41 Å². The summed E-state index contributed by atoms with van der Waals surface area (Å²) in [7, 11) is 0. The lowest BCUT2D eigenvalue weighted by molar-refractivity contribution is -0.151. The first-order chi connectivity index (χ1) is 18.0. The molecule has 0 unspecified atom stereocenters. The second-order valence-corrected chi connectivity index (χ2v) is 9.39. The van der Waals surface area contributed by atoms with Gasteiger partial charge < -0.3 is 4.74 Å². The summed E-state index contributed by atoms with van der Waals surface area (Å²) in [6.07, 6.45) is 4.23. The van der Waals surface area contributed by atoms with Gasteiger partial charge in [0.05, 0.1) is 6.61 Å². The van der Waals surface area contributed by atoms with Crippen LogP contribution < -0.4 is 0 Å². The lowest BCUT2D eigenvalue weighted by Crippen LogP contribution is -2.35. The minimum Gasteiger partial charge on any atom is -0.465 e. The SMILES string of the molecule is CCOC(=O)C(C=C(c1ccccc1)c1ccccc1)(C=C(c1ccccc1)c1ccccc1)C(C)C. The molecular weight excluding hydrogens is 452 g/mol. The van der Waals surface area contributed by atoms with E-state index in [1.54, 1.807) is 0 Å². The molecular formula is C35H34O2. The van der Waals surface area contributed by atoms with Crippen molar-refractivity contribution in [3.63, 3.8) is 0 Å². The van der Waals surface area contributed by atoms with Crippen molar-refractivity contribution in [3.8, 4) is 0 Å². The molecule has 4 aromatic rings. The van der Waals surface area contributed by atoms with Gasteiger partial charge in [-0.05, 0) is 46.2 Å². The highest BCUT2D eigenvalue weighted by atomic mass is 16.5. The van der Waals surface area contributed by atoms with E-state index in [0.717, 1.165) is 33.4 Å². The van der Waals surface area contributed by atoms with Crippen molar-refractivity contribution in [2.75, 3.05) is 6.61 Å². The quantitative estimate of drug-likeness (QED) is 0.222. The fourth-order valence-electron chi connectivity index (χ4n) is 4.60. The minimum atomic E-state index is -1.02. The van der Waals surface area contributed by atoms with Crippen LogP contribution in [0.25, 0.3) is 11.1 Å². The van der Waals surface area contributed by atoms with E-state index in [1.807, 2.05) is 79.7 Å². The Morgan fingerprint density at radius 2 is 0.919 bits per heavy atom. The van der Waals surface area contributed by atoms with E-state index >= 15 is 0 Å². The van der Waals surface area contributed by atoms with Crippen LogP contribution >= 0.6 is 0 Å². The lowest BCUT2D eigenvalue weighted by atomic mass is 9.72. The van der Waals surface area contributed by atoms with Crippen molar-refractivity contribution < 1.29 is 9.53 Å². The molecule has 4 rings (SSSR count). The number of hydrogen-bond donors (Lipinski definition) is 0. The van der Waals surface area contributed by atoms with Gasteiger partial charge in [0, 0.05) is 0 Å². The van der Waals surface area contributed by atoms with Gasteiger partial charge >= 0.3 is 5.97 Å². The summed E-state index contributed by atoms with van der Waals surface area (Å²) in [4.78, 5) is 14.0. The molecule has 0 aliphatic heterocycles. The van der Waals surface area contributed by atoms with Crippen LogP contribution in [0.3, 0.4) is 0 Å². The average Bonchev–Trinajstić information content (AvgIpc) is 2.95. The van der Waals surface area contributed by atoms with Gasteiger partial charge in [0.25, 0.3) is 0 Å². The Morgan fingerprint density at radius 1 is 0.622 bits per heavy atom. The molecule has 0 bridgehead atoms. The van der Waals surface area contributed by atoms with Crippen LogP contribution in [0.5, 0.6) is 0 Å². The van der Waals surface area contributed by atoms with Gasteiger partial charge in [-0.2, -0.15) is 0 Å². The summed E-state index contributed by atoms with van der Waals surface area (Å²) in [5.74, 6) is -0.324. The Labute approximate surface area is 221 Å². The number of benzene rings is 4. The number of hydrogen-bond acceptors (Lipinski definition) is 2. The van der Waals surface area contributed by atoms with Crippen molar-refractivity contribution in [2.24, 2.45) is 11.3 Å². The standard InChI is InChI=1S/C35H34O2/c1-4-37-34(36)35(27(2)3,25-32(28-17-9-5-10-18-28)29-19-11-6-12-20-29)26-33(30-21-13-7-14-22-30)31-23-15-8-16-24-31/h5-27H,4H2,1-3H3. The van der Waals surface area contributed by atoms with Gasteiger partial charge in [0.15, 0.2) is 0 Å². The van der Waals surface area contributed by atoms with E-state index in [4.69, 9.17) is 4.74 Å². The van der Waals surface area contributed by atoms with Gasteiger partial charge in [-0.25, -0.2) is 0 Å². The van der Waals surface area contributed by atoms with E-state index in [-0.39, 0.29) is 11.9 Å². The third kappa shape index (κ3) is 5.98. The second-order valence-electron chi connectivity index (χ2n) is 9.39. The molecule has 2 heteroatoms. The number of esters is 1. The first kappa shape index (κ1) is 25.9. The van der Waals surface area contributed by atoms with Gasteiger partial charge in [-0.15, -0.1) is 0 Å². The van der Waals surface area contributed by atoms with Crippen LogP contribution in [0.4, 0.5) is 0 Å². The molecule has 0 aliphatic rings. The Morgan fingerprint density at radius 3 is 1.16 bits per heavy atom. The zero-order valence-electron chi connectivity index (χ0n) is 21.8. The molecule has 0 fully saturated rings. The Hall–Kier alpha value is -4.17. The summed E-state index contributed by atoms with van der Waals surface area (Å²) in [5.41, 5.74) is 5.20. The molecule has 4 aromatic carbocycles. The average molecular weight is 487 g/mol. The van der Waals surface area contributed by atoms with Crippen molar-refractivity contribution in [3.05, 3.63) is 156 Å². The third-order valence-electron chi connectivity index (χ3n) is 6.69. The Bertz CT molecular complexity index is 1160. The van der Waals surface area contributed by atoms with E-state index in [2.05, 4.69) is 74.5 Å². The van der Waals surface area contributed by atoms with Gasteiger partial charge in [-0.3, -0.25) is 4.79 Å². The first-order valence-electron chi connectivity index (χ1n) is 12.9. The van der Waals surface area contributed by atoms with Crippen molar-refractivity contribution in [2.45, 2.75) is 20.8 Å². The fraction of sp³-hybridized carbons (Fsp3) is 0.171. The van der Waals surface area contributed by atoms with E-state index in [9.17, 15) is 4.79 Å². The maximum Gasteiger partial charge on any atom is 0.320 e. The monoisotopic (exact) mass is 486 g/mol. The molecule has 0 amide bonds. The first-order valence-corrected chi connectivity index (χ1v) is 12.9. The van der Waals surface area contributed by atoms with Crippen LogP contribution in [0, 0.1) is 11.3 Å². The molecule has 0 heterocycles. The normalized spacial score (nSPS) is 11.0. The highest BCUT2D eigenvalue weighted by Crippen LogP contribution is 2.41. The molecule has 0 saturated carbocycles. The van der Waals surface area contributed by atoms with Crippen molar-refractivity contribution >= 4 is 17.1 Å². The summed E-state index contributed by atoms with van der Waals surface area (Å²) in [6, 6.07) is 41.0. The molecule has 0 saturated heterocycles. The Balaban J connectivity index is 2.06. The molecule has 0 spiro atoms. The van der Waals surface area contributed by atoms with Crippen molar-refractivity contribution in [1.29, 1.82) is 0 Å². The van der Waals surface area contributed by atoms with Crippen LogP contribution in [-0.2, 0) is 9.53 Å². The molecule has 0 atom stereocenters. The highest BCUT2D eigenvalue weighted by Gasteiger charge is 2.40. The van der Waals surface area contributed by atoms with Crippen LogP contribution in [0.2, 0.25) is 0 Å². The zero-order chi connectivity index (χ0) is 26.1. The molecule has 0 N–H and O–H groups in total. The second kappa shape index (κ2) is 12.2. The maximum absolute atomic E-state index is 14.0. The van der Waals surface area contributed by atoms with E-state index < -0.39 is 5.41 Å². The molecule has 0 radical (unpaired) electrons. The van der Waals surface area contributed by atoms with Crippen LogP contribution in [-0.4, -0.2) is 12.6 Å². The molecule has 2 nitrogen and oxygen atoms in total. The minimum absolute atomic E-state index is 0.0728. The van der Waals surface area contributed by atoms with Crippen LogP contribution in [0.15, 0.2) is 133 Å². The highest BCUT2D eigenvalue weighted by molar-refractivity contribution is 5.92. The fourth-order valence-corrected chi connectivity index (χ4v) is 4.60. The lowest BCUT2D eigenvalue weighted by Gasteiger charge is -2.32. The zero-order valence-corrected chi connectivity index (χ0v) is 21.8. The smallest absolute Gasteiger partial charge is 0.320 e. The molecule has 186 valence electrons. The van der Waals surface area contributed by atoms with E-state index in [0.29, 0.717) is 6.61 Å². The molecule has 0 aromatic heterocycles.